The number of imidazole rings is 1. The van der Waals surface area contributed by atoms with E-state index in [0.717, 1.165) is 48.9 Å². The number of benzene rings is 1. The van der Waals surface area contributed by atoms with Gasteiger partial charge in [-0.2, -0.15) is 0 Å². The smallest absolute Gasteiger partial charge is 0.219 e. The van der Waals surface area contributed by atoms with Gasteiger partial charge in [-0.05, 0) is 37.3 Å². The molecule has 9 nitrogen and oxygen atoms in total. The van der Waals surface area contributed by atoms with Crippen molar-refractivity contribution >= 4 is 48.0 Å². The third-order valence-corrected chi connectivity index (χ3v) is 7.29. The molecule has 2 aliphatic heterocycles. The Bertz CT molecular complexity index is 1190. The number of amides is 1. The van der Waals surface area contributed by atoms with E-state index in [1.165, 1.54) is 18.1 Å². The van der Waals surface area contributed by atoms with Crippen molar-refractivity contribution in [2.24, 2.45) is 5.92 Å². The van der Waals surface area contributed by atoms with Gasteiger partial charge < -0.3 is 24.7 Å². The van der Waals surface area contributed by atoms with Crippen molar-refractivity contribution in [2.45, 2.75) is 42.8 Å². The number of aryl methyl sites for hydroxylation is 1. The summed E-state index contributed by atoms with van der Waals surface area (Å²) in [6.45, 7) is 5.02. The van der Waals surface area contributed by atoms with Gasteiger partial charge in [0.25, 0.3) is 0 Å². The molecule has 1 amide bonds. The molecule has 2 aromatic heterocycles. The monoisotopic (exact) mass is 464 g/mol. The molecular weight excluding hydrogens is 439 g/mol. The molecule has 0 spiro atoms. The number of hydrogen-bond donors (Lipinski definition) is 1. The van der Waals surface area contributed by atoms with Crippen LogP contribution in [0.4, 0.5) is 5.82 Å². The average molecular weight is 464 g/mol. The van der Waals surface area contributed by atoms with Crippen molar-refractivity contribution in [3.63, 3.8) is 0 Å². The molecule has 1 saturated heterocycles. The molecule has 1 fully saturated rings. The predicted molar refractivity (Wildman–Crippen MR) is 126 cm³/mol. The number of piperidine rings is 1. The zero-order chi connectivity index (χ0) is 22.9. The van der Waals surface area contributed by atoms with Crippen molar-refractivity contribution in [3.8, 4) is 11.5 Å². The van der Waals surface area contributed by atoms with Gasteiger partial charge in [0.1, 0.15) is 27.4 Å². The second-order valence-electron chi connectivity index (χ2n) is 8.35. The maximum Gasteiger partial charge on any atom is 0.219 e. The SMILES string of the molecule is [B]c1cc2c(cc1Sc1nc3c(N)ncnc3n1CCC1CCN(C(C)=O)CC1)OCCO2. The van der Waals surface area contributed by atoms with E-state index in [1.807, 2.05) is 11.0 Å². The van der Waals surface area contributed by atoms with E-state index in [4.69, 9.17) is 28.0 Å². The first-order valence-corrected chi connectivity index (χ1v) is 11.9. The number of fused-ring (bicyclic) bond motifs is 2. The second-order valence-corrected chi connectivity index (χ2v) is 9.36. The standard InChI is InChI=1S/C22H25BN6O3S/c1-13(30)28-5-2-14(3-6-28)4-7-29-21-19(20(24)25-12-26-21)27-22(29)33-18-11-17-16(10-15(18)23)31-8-9-32-17/h10-12,14H,2-9H2,1H3,(H2,24,25,26). The predicted octanol–water partition coefficient (Wildman–Crippen LogP) is 1.77. The Morgan fingerprint density at radius 1 is 1.21 bits per heavy atom. The number of carbonyl (C=O) groups excluding carboxylic acids is 1. The van der Waals surface area contributed by atoms with Gasteiger partial charge in [0, 0.05) is 31.5 Å². The van der Waals surface area contributed by atoms with Crippen LogP contribution < -0.4 is 20.7 Å². The van der Waals surface area contributed by atoms with Gasteiger partial charge in [-0.25, -0.2) is 15.0 Å². The summed E-state index contributed by atoms with van der Waals surface area (Å²) in [5.74, 6) is 2.37. The van der Waals surface area contributed by atoms with Crippen LogP contribution in [0.1, 0.15) is 26.2 Å². The van der Waals surface area contributed by atoms with E-state index in [2.05, 4.69) is 14.5 Å². The lowest BCUT2D eigenvalue weighted by atomic mass is 9.93. The number of nitrogen functional groups attached to an aromatic ring is 1. The normalized spacial score (nSPS) is 16.3. The Hall–Kier alpha value is -2.95. The van der Waals surface area contributed by atoms with Crippen molar-refractivity contribution < 1.29 is 14.3 Å². The summed E-state index contributed by atoms with van der Waals surface area (Å²) in [4.78, 5) is 27.7. The highest BCUT2D eigenvalue weighted by Gasteiger charge is 2.23. The molecule has 170 valence electrons. The van der Waals surface area contributed by atoms with Crippen molar-refractivity contribution in [3.05, 3.63) is 18.5 Å². The van der Waals surface area contributed by atoms with E-state index in [0.29, 0.717) is 53.1 Å². The van der Waals surface area contributed by atoms with E-state index in [-0.39, 0.29) is 5.91 Å². The van der Waals surface area contributed by atoms with Gasteiger partial charge in [-0.3, -0.25) is 4.79 Å². The number of likely N-dealkylation sites (tertiary alicyclic amines) is 1. The Morgan fingerprint density at radius 3 is 2.67 bits per heavy atom. The summed E-state index contributed by atoms with van der Waals surface area (Å²) < 4.78 is 13.4. The van der Waals surface area contributed by atoms with Crippen LogP contribution in [0.5, 0.6) is 11.5 Å². The second kappa shape index (κ2) is 9.13. The number of hydrogen-bond acceptors (Lipinski definition) is 8. The Balaban J connectivity index is 1.40. The summed E-state index contributed by atoms with van der Waals surface area (Å²) >= 11 is 1.45. The Morgan fingerprint density at radius 2 is 1.94 bits per heavy atom. The van der Waals surface area contributed by atoms with Crippen LogP contribution in [0.15, 0.2) is 28.5 Å². The van der Waals surface area contributed by atoms with Crippen LogP contribution in [0, 0.1) is 5.92 Å². The fraction of sp³-hybridized carbons (Fsp3) is 0.455. The van der Waals surface area contributed by atoms with Gasteiger partial charge in [-0.15, -0.1) is 0 Å². The lowest BCUT2D eigenvalue weighted by molar-refractivity contribution is -0.130. The highest BCUT2D eigenvalue weighted by Crippen LogP contribution is 2.37. The first-order valence-electron chi connectivity index (χ1n) is 11.1. The lowest BCUT2D eigenvalue weighted by Gasteiger charge is -2.31. The molecule has 2 radical (unpaired) electrons. The fourth-order valence-corrected chi connectivity index (χ4v) is 5.30. The molecule has 1 aromatic carbocycles. The third-order valence-electron chi connectivity index (χ3n) is 6.22. The van der Waals surface area contributed by atoms with Gasteiger partial charge in [0.15, 0.2) is 33.6 Å². The molecule has 0 atom stereocenters. The van der Waals surface area contributed by atoms with Crippen LogP contribution in [0.3, 0.4) is 0 Å². The summed E-state index contributed by atoms with van der Waals surface area (Å²) in [6.07, 6.45) is 4.43. The molecule has 3 aromatic rings. The van der Waals surface area contributed by atoms with Crippen LogP contribution in [-0.2, 0) is 11.3 Å². The number of rotatable bonds is 5. The number of carbonyl (C=O) groups is 1. The highest BCUT2D eigenvalue weighted by atomic mass is 32.2. The molecule has 33 heavy (non-hydrogen) atoms. The quantitative estimate of drug-likeness (QED) is 0.570. The van der Waals surface area contributed by atoms with Crippen molar-refractivity contribution in [2.75, 3.05) is 32.0 Å². The topological polar surface area (TPSA) is 108 Å². The van der Waals surface area contributed by atoms with E-state index in [9.17, 15) is 4.79 Å². The zero-order valence-electron chi connectivity index (χ0n) is 18.5. The fourth-order valence-electron chi connectivity index (χ4n) is 4.33. The molecular formula is C22H25BN6O3S. The lowest BCUT2D eigenvalue weighted by Crippen LogP contribution is -2.37. The first-order chi connectivity index (χ1) is 16.0. The van der Waals surface area contributed by atoms with Crippen LogP contribution in [-0.4, -0.2) is 64.5 Å². The molecule has 5 rings (SSSR count). The minimum absolute atomic E-state index is 0.150. The molecule has 11 heteroatoms. The maximum atomic E-state index is 11.6. The molecule has 0 bridgehead atoms. The number of nitrogens with two attached hydrogens (primary N) is 1. The van der Waals surface area contributed by atoms with Gasteiger partial charge in [-0.1, -0.05) is 17.2 Å². The molecule has 4 heterocycles. The number of nitrogens with zero attached hydrogens (tertiary/aromatic N) is 5. The molecule has 2 N–H and O–H groups in total. The molecule has 0 aliphatic carbocycles. The van der Waals surface area contributed by atoms with E-state index >= 15 is 0 Å². The summed E-state index contributed by atoms with van der Waals surface area (Å²) in [6, 6.07) is 3.69. The maximum absolute atomic E-state index is 11.6. The minimum atomic E-state index is 0.150. The van der Waals surface area contributed by atoms with Crippen molar-refractivity contribution in [1.82, 2.24) is 24.4 Å². The van der Waals surface area contributed by atoms with Crippen LogP contribution in [0.25, 0.3) is 11.2 Å². The van der Waals surface area contributed by atoms with Crippen LogP contribution in [0.2, 0.25) is 0 Å². The Labute approximate surface area is 197 Å². The summed E-state index contributed by atoms with van der Waals surface area (Å²) in [7, 11) is 6.32. The molecule has 0 saturated carbocycles. The van der Waals surface area contributed by atoms with E-state index in [1.54, 1.807) is 13.0 Å². The average Bonchev–Trinajstić information content (AvgIpc) is 3.17. The minimum Gasteiger partial charge on any atom is -0.486 e. The van der Waals surface area contributed by atoms with Crippen molar-refractivity contribution in [1.29, 1.82) is 0 Å². The van der Waals surface area contributed by atoms with Gasteiger partial charge in [0.05, 0.1) is 0 Å². The number of ether oxygens (including phenoxy) is 2. The number of anilines is 1. The number of aromatic nitrogens is 4. The highest BCUT2D eigenvalue weighted by molar-refractivity contribution is 7.99. The summed E-state index contributed by atoms with van der Waals surface area (Å²) in [5.41, 5.74) is 7.99. The van der Waals surface area contributed by atoms with Crippen LogP contribution >= 0.6 is 11.8 Å². The van der Waals surface area contributed by atoms with E-state index < -0.39 is 0 Å². The van der Waals surface area contributed by atoms with Gasteiger partial charge >= 0.3 is 0 Å². The largest absolute Gasteiger partial charge is 0.486 e. The third kappa shape index (κ3) is 4.46. The van der Waals surface area contributed by atoms with Gasteiger partial charge in [0.2, 0.25) is 5.91 Å². The first kappa shape index (κ1) is 21.9. The zero-order valence-corrected chi connectivity index (χ0v) is 19.3. The molecule has 0 unspecified atom stereocenters. The molecule has 2 aliphatic rings. The Kier molecular flexibility index (Phi) is 6.05. The summed E-state index contributed by atoms with van der Waals surface area (Å²) in [5, 5.41) is 0.752.